The third kappa shape index (κ3) is 4.06. The van der Waals surface area contributed by atoms with Crippen LogP contribution in [0.1, 0.15) is 35.8 Å². The highest BCUT2D eigenvalue weighted by Crippen LogP contribution is 2.37. The molecule has 1 aliphatic rings. The van der Waals surface area contributed by atoms with Crippen molar-refractivity contribution in [2.45, 2.75) is 25.9 Å². The molecule has 1 aliphatic heterocycles. The summed E-state index contributed by atoms with van der Waals surface area (Å²) >= 11 is 6.35. The second kappa shape index (κ2) is 8.50. The molecule has 2 amide bonds. The summed E-state index contributed by atoms with van der Waals surface area (Å²) in [6.07, 6.45) is 0.268. The Hall–Kier alpha value is -3.01. The van der Waals surface area contributed by atoms with Gasteiger partial charge in [-0.3, -0.25) is 14.0 Å². The summed E-state index contributed by atoms with van der Waals surface area (Å²) in [7, 11) is 0. The molecule has 3 aromatic heterocycles. The van der Waals surface area contributed by atoms with E-state index in [0.29, 0.717) is 24.9 Å². The molecule has 1 N–H and O–H groups in total. The number of fused-ring (bicyclic) bond motifs is 1. The fraction of sp³-hybridized carbons (Fsp3) is 0.381. The van der Waals surface area contributed by atoms with Crippen LogP contribution in [0.3, 0.4) is 0 Å². The van der Waals surface area contributed by atoms with Gasteiger partial charge in [-0.25, -0.2) is 4.98 Å². The van der Waals surface area contributed by atoms with Crippen molar-refractivity contribution in [3.63, 3.8) is 0 Å². The first-order valence-electron chi connectivity index (χ1n) is 10.1. The molecule has 0 radical (unpaired) electrons. The number of nitrogens with one attached hydrogen (secondary N) is 1. The van der Waals surface area contributed by atoms with Gasteiger partial charge in [0.2, 0.25) is 5.91 Å². The number of imidazole rings is 1. The van der Waals surface area contributed by atoms with Gasteiger partial charge >= 0.3 is 6.18 Å². The lowest BCUT2D eigenvalue weighted by Crippen LogP contribution is -2.43. The Morgan fingerprint density at radius 1 is 1.28 bits per heavy atom. The number of hydrogen-bond acceptors (Lipinski definition) is 4. The Kier molecular flexibility index (Phi) is 5.89. The molecule has 0 atom stereocenters. The van der Waals surface area contributed by atoms with Gasteiger partial charge in [-0.05, 0) is 31.9 Å². The lowest BCUT2D eigenvalue weighted by Gasteiger charge is -2.30. The van der Waals surface area contributed by atoms with E-state index in [0.717, 1.165) is 10.5 Å². The molecule has 1 saturated heterocycles. The van der Waals surface area contributed by atoms with E-state index in [-0.39, 0.29) is 41.3 Å². The van der Waals surface area contributed by atoms with Crippen molar-refractivity contribution in [1.29, 1.82) is 0 Å². The molecule has 0 unspecified atom stereocenters. The monoisotopic (exact) mass is 468 g/mol. The van der Waals surface area contributed by atoms with E-state index >= 15 is 0 Å². The fourth-order valence-electron chi connectivity index (χ4n) is 3.86. The Morgan fingerprint density at radius 2 is 2.00 bits per heavy atom. The normalized spacial score (nSPS) is 15.3. The second-order valence-corrected chi connectivity index (χ2v) is 7.92. The maximum absolute atomic E-state index is 13.8. The predicted octanol–water partition coefficient (Wildman–Crippen LogP) is 4.25. The number of carbonyl (C=O) groups excluding carboxylic acids is 2. The van der Waals surface area contributed by atoms with E-state index in [1.807, 2.05) is 6.92 Å². The zero-order valence-corrected chi connectivity index (χ0v) is 17.8. The van der Waals surface area contributed by atoms with Crippen molar-refractivity contribution in [1.82, 2.24) is 19.6 Å². The van der Waals surface area contributed by atoms with Gasteiger partial charge < -0.3 is 14.6 Å². The third-order valence-electron chi connectivity index (χ3n) is 5.53. The summed E-state index contributed by atoms with van der Waals surface area (Å²) in [5, 5.41) is 2.56. The molecule has 11 heteroatoms. The van der Waals surface area contributed by atoms with Crippen LogP contribution < -0.4 is 5.32 Å². The minimum atomic E-state index is -4.71. The molecule has 0 aliphatic carbocycles. The molecule has 1 fully saturated rings. The largest absolute Gasteiger partial charge is 0.472 e. The lowest BCUT2D eigenvalue weighted by atomic mass is 9.96. The number of piperidine rings is 1. The van der Waals surface area contributed by atoms with Crippen LogP contribution in [0.15, 0.2) is 35.3 Å². The van der Waals surface area contributed by atoms with Crippen molar-refractivity contribution >= 4 is 29.1 Å². The Labute approximate surface area is 186 Å². The SMILES string of the molecule is CCNC(=O)C1CCN(C(=O)c2nc3c(C(F)(F)F)cc(-c4ccoc4)cn3c2Cl)CC1. The average molecular weight is 469 g/mol. The smallest absolute Gasteiger partial charge is 0.420 e. The quantitative estimate of drug-likeness (QED) is 0.620. The van der Waals surface area contributed by atoms with Gasteiger partial charge in [-0.15, -0.1) is 0 Å². The number of aromatic nitrogens is 2. The standard InChI is InChI=1S/C21H20ClF3N4O3/c1-2-26-19(30)12-3-6-28(7-4-12)20(31)16-17(22)29-10-14(13-5-8-32-11-13)9-15(18(29)27-16)21(23,24)25/h5,8-12H,2-4,6-7H2,1H3,(H,26,30). The summed E-state index contributed by atoms with van der Waals surface area (Å²) in [5.74, 6) is -0.831. The number of pyridine rings is 1. The molecule has 3 aromatic rings. The molecular weight excluding hydrogens is 449 g/mol. The Morgan fingerprint density at radius 3 is 2.59 bits per heavy atom. The second-order valence-electron chi connectivity index (χ2n) is 7.56. The molecule has 0 bridgehead atoms. The number of rotatable bonds is 4. The van der Waals surface area contributed by atoms with E-state index in [1.54, 1.807) is 0 Å². The van der Waals surface area contributed by atoms with Crippen molar-refractivity contribution < 1.29 is 27.2 Å². The van der Waals surface area contributed by atoms with E-state index in [2.05, 4.69) is 10.3 Å². The fourth-order valence-corrected chi connectivity index (χ4v) is 4.11. The minimum Gasteiger partial charge on any atom is -0.472 e. The van der Waals surface area contributed by atoms with E-state index in [1.165, 1.54) is 29.7 Å². The van der Waals surface area contributed by atoms with Crippen LogP contribution in [0.5, 0.6) is 0 Å². The van der Waals surface area contributed by atoms with Gasteiger partial charge in [-0.1, -0.05) is 11.6 Å². The lowest BCUT2D eigenvalue weighted by molar-refractivity contribution is -0.136. The molecular formula is C21H20ClF3N4O3. The van der Waals surface area contributed by atoms with Crippen LogP contribution in [0.2, 0.25) is 5.15 Å². The van der Waals surface area contributed by atoms with Crippen molar-refractivity contribution in [2.75, 3.05) is 19.6 Å². The van der Waals surface area contributed by atoms with Crippen LogP contribution in [0.4, 0.5) is 13.2 Å². The first-order valence-corrected chi connectivity index (χ1v) is 10.5. The molecule has 4 rings (SSSR count). The van der Waals surface area contributed by atoms with Crippen LogP contribution >= 0.6 is 11.6 Å². The van der Waals surface area contributed by atoms with Crippen LogP contribution in [0, 0.1) is 5.92 Å². The van der Waals surface area contributed by atoms with Crippen molar-refractivity contribution in [3.05, 3.63) is 47.3 Å². The summed E-state index contributed by atoms with van der Waals surface area (Å²) in [5.41, 5.74) is -1.05. The summed E-state index contributed by atoms with van der Waals surface area (Å²) in [4.78, 5) is 30.5. The third-order valence-corrected chi connectivity index (χ3v) is 5.89. The maximum Gasteiger partial charge on any atom is 0.420 e. The molecule has 0 spiro atoms. The number of likely N-dealkylation sites (tertiary alicyclic amines) is 1. The van der Waals surface area contributed by atoms with Gasteiger partial charge in [0, 0.05) is 42.9 Å². The van der Waals surface area contributed by atoms with Gasteiger partial charge in [-0.2, -0.15) is 13.2 Å². The zero-order valence-electron chi connectivity index (χ0n) is 17.1. The Bertz CT molecular complexity index is 1150. The van der Waals surface area contributed by atoms with E-state index in [9.17, 15) is 22.8 Å². The first-order chi connectivity index (χ1) is 15.2. The number of furan rings is 1. The number of carbonyl (C=O) groups is 2. The Balaban J connectivity index is 1.68. The highest BCUT2D eigenvalue weighted by atomic mass is 35.5. The number of halogens is 4. The number of amides is 2. The van der Waals surface area contributed by atoms with Gasteiger partial charge in [0.15, 0.2) is 11.3 Å². The van der Waals surface area contributed by atoms with Gasteiger partial charge in [0.1, 0.15) is 5.15 Å². The average Bonchev–Trinajstić information content (AvgIpc) is 3.41. The topological polar surface area (TPSA) is 79.8 Å². The predicted molar refractivity (Wildman–Crippen MR) is 110 cm³/mol. The number of nitrogens with zero attached hydrogens (tertiary/aromatic N) is 3. The van der Waals surface area contributed by atoms with Gasteiger partial charge in [0.05, 0.1) is 18.1 Å². The van der Waals surface area contributed by atoms with Crippen LogP contribution in [-0.4, -0.2) is 45.7 Å². The van der Waals surface area contributed by atoms with Crippen molar-refractivity contribution in [3.8, 4) is 11.1 Å². The highest BCUT2D eigenvalue weighted by Gasteiger charge is 2.37. The maximum atomic E-state index is 13.8. The van der Waals surface area contributed by atoms with Crippen LogP contribution in [-0.2, 0) is 11.0 Å². The van der Waals surface area contributed by atoms with Gasteiger partial charge in [0.25, 0.3) is 5.91 Å². The molecule has 7 nitrogen and oxygen atoms in total. The zero-order chi connectivity index (χ0) is 23.0. The first kappa shape index (κ1) is 22.2. The number of hydrogen-bond donors (Lipinski definition) is 1. The minimum absolute atomic E-state index is 0.0630. The molecule has 0 aromatic carbocycles. The summed E-state index contributed by atoms with van der Waals surface area (Å²) in [6, 6.07) is 2.48. The molecule has 4 heterocycles. The molecule has 32 heavy (non-hydrogen) atoms. The van der Waals surface area contributed by atoms with Crippen molar-refractivity contribution in [2.24, 2.45) is 5.92 Å². The highest BCUT2D eigenvalue weighted by molar-refractivity contribution is 6.33. The molecule has 0 saturated carbocycles. The number of alkyl halides is 3. The summed E-state index contributed by atoms with van der Waals surface area (Å²) < 4.78 is 47.3. The van der Waals surface area contributed by atoms with E-state index < -0.39 is 23.3 Å². The molecule has 170 valence electrons. The van der Waals surface area contributed by atoms with Crippen LogP contribution in [0.25, 0.3) is 16.8 Å². The van der Waals surface area contributed by atoms with E-state index in [4.69, 9.17) is 16.0 Å². The summed E-state index contributed by atoms with van der Waals surface area (Å²) in [6.45, 7) is 2.93.